The minimum atomic E-state index is -0.342. The highest BCUT2D eigenvalue weighted by Gasteiger charge is 2.31. The number of fused-ring (bicyclic) bond motifs is 1. The number of piperidine rings is 1. The summed E-state index contributed by atoms with van der Waals surface area (Å²) in [7, 11) is 0. The molecule has 5 heteroatoms. The van der Waals surface area contributed by atoms with Crippen LogP contribution in [0.1, 0.15) is 71.0 Å². The Morgan fingerprint density at radius 3 is 2.45 bits per heavy atom. The monoisotopic (exact) mass is 425 g/mol. The molecule has 1 saturated heterocycles. The first-order valence-corrected chi connectivity index (χ1v) is 12.3. The molecule has 2 aliphatic rings. The molecular weight excluding hydrogens is 386 g/mol. The van der Waals surface area contributed by atoms with E-state index in [1.165, 1.54) is 68.2 Å². The molecule has 0 atom stereocenters. The number of hydrogen-bond donors (Lipinski definition) is 1. The van der Waals surface area contributed by atoms with E-state index < -0.39 is 0 Å². The molecule has 1 aliphatic heterocycles. The van der Waals surface area contributed by atoms with Crippen LogP contribution in [0.5, 0.6) is 0 Å². The van der Waals surface area contributed by atoms with Crippen LogP contribution in [0.2, 0.25) is 0 Å². The summed E-state index contributed by atoms with van der Waals surface area (Å²) in [6.45, 7) is 9.86. The van der Waals surface area contributed by atoms with E-state index in [4.69, 9.17) is 4.74 Å². The van der Waals surface area contributed by atoms with Crippen molar-refractivity contribution >= 4 is 17.0 Å². The lowest BCUT2D eigenvalue weighted by Crippen LogP contribution is -2.44. The number of para-hydroxylation sites is 1. The molecule has 1 saturated carbocycles. The summed E-state index contributed by atoms with van der Waals surface area (Å²) in [5.74, 6) is 1.75. The third-order valence-corrected chi connectivity index (χ3v) is 7.58. The highest BCUT2D eigenvalue weighted by Crippen LogP contribution is 2.36. The Balaban J connectivity index is 1.42. The molecule has 2 aromatic rings. The largest absolute Gasteiger partial charge is 0.450 e. The topological polar surface area (TPSA) is 46.5 Å². The lowest BCUT2D eigenvalue weighted by atomic mass is 9.79. The number of carbonyl (C=O) groups is 1. The van der Waals surface area contributed by atoms with Gasteiger partial charge in [0.2, 0.25) is 0 Å². The van der Waals surface area contributed by atoms with Crippen molar-refractivity contribution in [3.8, 4) is 0 Å². The van der Waals surface area contributed by atoms with Crippen LogP contribution in [0.3, 0.4) is 0 Å². The van der Waals surface area contributed by atoms with Gasteiger partial charge in [0.1, 0.15) is 0 Å². The second-order valence-electron chi connectivity index (χ2n) is 9.72. The molecular formula is C26H39N3O2. The zero-order valence-corrected chi connectivity index (χ0v) is 19.5. The first-order chi connectivity index (χ1) is 15.1. The summed E-state index contributed by atoms with van der Waals surface area (Å²) in [5.41, 5.74) is 2.45. The number of rotatable bonds is 6. The summed E-state index contributed by atoms with van der Waals surface area (Å²) in [5, 5.41) is 4.17. The quantitative estimate of drug-likeness (QED) is 0.642. The molecule has 0 bridgehead atoms. The van der Waals surface area contributed by atoms with Gasteiger partial charge in [-0.3, -0.25) is 0 Å². The van der Waals surface area contributed by atoms with Gasteiger partial charge in [0.15, 0.2) is 0 Å². The molecule has 170 valence electrons. The van der Waals surface area contributed by atoms with Gasteiger partial charge in [-0.1, -0.05) is 32.0 Å². The van der Waals surface area contributed by atoms with Gasteiger partial charge in [-0.15, -0.1) is 0 Å². The second kappa shape index (κ2) is 10.1. The Kier molecular flexibility index (Phi) is 7.21. The molecule has 1 aromatic heterocycles. The number of benzene rings is 1. The molecule has 1 aliphatic carbocycles. The third kappa shape index (κ3) is 5.08. The van der Waals surface area contributed by atoms with Crippen molar-refractivity contribution in [2.24, 2.45) is 11.8 Å². The van der Waals surface area contributed by atoms with Crippen molar-refractivity contribution in [2.45, 2.75) is 77.9 Å². The number of likely N-dealkylation sites (tertiary alicyclic amines) is 1. The number of ether oxygens (including phenoxy) is 1. The maximum absolute atomic E-state index is 11.9. The van der Waals surface area contributed by atoms with Gasteiger partial charge in [-0.25, -0.2) is 4.79 Å². The lowest BCUT2D eigenvalue weighted by Gasteiger charge is -2.42. The number of hydrogen-bond acceptors (Lipinski definition) is 3. The number of carbonyl (C=O) groups excluding carboxylic acids is 1. The highest BCUT2D eigenvalue weighted by atomic mass is 16.5. The number of nitrogens with one attached hydrogen (secondary N) is 1. The second-order valence-corrected chi connectivity index (χ2v) is 9.72. The van der Waals surface area contributed by atoms with Gasteiger partial charge in [-0.2, -0.15) is 0 Å². The van der Waals surface area contributed by atoms with Crippen molar-refractivity contribution in [1.29, 1.82) is 0 Å². The minimum Gasteiger partial charge on any atom is -0.450 e. The predicted molar refractivity (Wildman–Crippen MR) is 126 cm³/mol. The van der Waals surface area contributed by atoms with E-state index in [1.54, 1.807) is 0 Å². The molecule has 2 fully saturated rings. The number of nitrogens with zero attached hydrogens (tertiary/aromatic N) is 2. The summed E-state index contributed by atoms with van der Waals surface area (Å²) in [6.07, 6.45) is 7.54. The van der Waals surface area contributed by atoms with Crippen molar-refractivity contribution in [3.05, 3.63) is 36.0 Å². The van der Waals surface area contributed by atoms with Crippen LogP contribution in [-0.4, -0.2) is 41.3 Å². The average Bonchev–Trinajstić information content (AvgIpc) is 3.16. The maximum atomic E-state index is 11.9. The van der Waals surface area contributed by atoms with Gasteiger partial charge in [0.05, 0.1) is 13.2 Å². The van der Waals surface area contributed by atoms with E-state index in [2.05, 4.69) is 59.0 Å². The Hall–Kier alpha value is -2.01. The standard InChI is InChI=1S/C26H39N3O2/c1-4-31-26(30)27-18-24-17-21-7-5-6-8-25(21)29(24)23-13-15-28(16-14-23)22-11-9-20(10-12-22)19(2)3/h5-8,17,19-20,22-23H,4,9-16,18H2,1-3H3,(H,27,30). The molecule has 0 unspecified atom stereocenters. The predicted octanol–water partition coefficient (Wildman–Crippen LogP) is 5.74. The van der Waals surface area contributed by atoms with E-state index in [-0.39, 0.29) is 6.09 Å². The van der Waals surface area contributed by atoms with Crippen LogP contribution in [0.25, 0.3) is 10.9 Å². The molecule has 1 aromatic carbocycles. The van der Waals surface area contributed by atoms with Gasteiger partial charge in [0, 0.05) is 36.4 Å². The maximum Gasteiger partial charge on any atom is 0.407 e. The van der Waals surface area contributed by atoms with Gasteiger partial charge in [0.25, 0.3) is 0 Å². The molecule has 1 amide bonds. The van der Waals surface area contributed by atoms with Crippen molar-refractivity contribution in [2.75, 3.05) is 19.7 Å². The van der Waals surface area contributed by atoms with E-state index in [0.29, 0.717) is 19.2 Å². The van der Waals surface area contributed by atoms with Crippen molar-refractivity contribution in [3.63, 3.8) is 0 Å². The van der Waals surface area contributed by atoms with Gasteiger partial charge >= 0.3 is 6.09 Å². The van der Waals surface area contributed by atoms with Crippen LogP contribution in [0.4, 0.5) is 4.79 Å². The minimum absolute atomic E-state index is 0.342. The number of alkyl carbamates (subject to hydrolysis) is 1. The van der Waals surface area contributed by atoms with Gasteiger partial charge in [-0.05, 0) is 74.8 Å². The molecule has 1 N–H and O–H groups in total. The van der Waals surface area contributed by atoms with Crippen LogP contribution >= 0.6 is 0 Å². The Morgan fingerprint density at radius 1 is 1.06 bits per heavy atom. The molecule has 2 heterocycles. The SMILES string of the molecule is CCOC(=O)NCc1cc2ccccc2n1C1CCN(C2CCC(C(C)C)CC2)CC1. The summed E-state index contributed by atoms with van der Waals surface area (Å²) in [4.78, 5) is 14.6. The molecule has 0 radical (unpaired) electrons. The van der Waals surface area contributed by atoms with Gasteiger partial charge < -0.3 is 19.5 Å². The fraction of sp³-hybridized carbons (Fsp3) is 0.654. The molecule has 31 heavy (non-hydrogen) atoms. The number of aromatic nitrogens is 1. The van der Waals surface area contributed by atoms with E-state index in [9.17, 15) is 4.79 Å². The van der Waals surface area contributed by atoms with Crippen molar-refractivity contribution < 1.29 is 9.53 Å². The molecule has 5 nitrogen and oxygen atoms in total. The lowest BCUT2D eigenvalue weighted by molar-refractivity contribution is 0.0888. The zero-order chi connectivity index (χ0) is 21.8. The Labute approximate surface area is 187 Å². The first-order valence-electron chi connectivity index (χ1n) is 12.3. The van der Waals surface area contributed by atoms with E-state index in [1.807, 2.05) is 6.92 Å². The Morgan fingerprint density at radius 2 is 1.77 bits per heavy atom. The summed E-state index contributed by atoms with van der Waals surface area (Å²) < 4.78 is 7.54. The van der Waals surface area contributed by atoms with Crippen LogP contribution in [-0.2, 0) is 11.3 Å². The fourth-order valence-corrected chi connectivity index (χ4v) is 5.79. The summed E-state index contributed by atoms with van der Waals surface area (Å²) in [6, 6.07) is 12.1. The Bertz CT molecular complexity index is 859. The zero-order valence-electron chi connectivity index (χ0n) is 19.5. The summed E-state index contributed by atoms with van der Waals surface area (Å²) >= 11 is 0. The van der Waals surface area contributed by atoms with Crippen LogP contribution < -0.4 is 5.32 Å². The van der Waals surface area contributed by atoms with Crippen molar-refractivity contribution in [1.82, 2.24) is 14.8 Å². The number of amides is 1. The third-order valence-electron chi connectivity index (χ3n) is 7.58. The normalized spacial score (nSPS) is 23.4. The fourth-order valence-electron chi connectivity index (χ4n) is 5.79. The van der Waals surface area contributed by atoms with Crippen LogP contribution in [0.15, 0.2) is 30.3 Å². The smallest absolute Gasteiger partial charge is 0.407 e. The average molecular weight is 426 g/mol. The van der Waals surface area contributed by atoms with E-state index in [0.717, 1.165) is 17.9 Å². The van der Waals surface area contributed by atoms with E-state index >= 15 is 0 Å². The molecule has 4 rings (SSSR count). The van der Waals surface area contributed by atoms with Crippen LogP contribution in [0, 0.1) is 11.8 Å². The highest BCUT2D eigenvalue weighted by molar-refractivity contribution is 5.81. The molecule has 0 spiro atoms. The first kappa shape index (κ1) is 22.2.